The molecule has 0 heterocycles. The van der Waals surface area contributed by atoms with Crippen molar-refractivity contribution in [1.29, 1.82) is 0 Å². The van der Waals surface area contributed by atoms with Crippen molar-refractivity contribution in [3.05, 3.63) is 24.3 Å². The van der Waals surface area contributed by atoms with Crippen LogP contribution in [0.1, 0.15) is 200 Å². The van der Waals surface area contributed by atoms with Gasteiger partial charge in [0.15, 0.2) is 6.10 Å². The Kier molecular flexibility index (Phi) is 38.6. The zero-order chi connectivity index (χ0) is 39.8. The largest absolute Gasteiger partial charge is 0.472 e. The topological polar surface area (TPSA) is 112 Å². The molecule has 0 aliphatic heterocycles. The Balaban J connectivity index is 4.34. The van der Waals surface area contributed by atoms with Crippen molar-refractivity contribution < 1.29 is 37.6 Å². The summed E-state index contributed by atoms with van der Waals surface area (Å²) in [5.41, 5.74) is 0. The Hall–Kier alpha value is -1.51. The molecule has 1 N–H and O–H groups in total. The van der Waals surface area contributed by atoms with Crippen LogP contribution in [0.3, 0.4) is 0 Å². The van der Waals surface area contributed by atoms with Gasteiger partial charge >= 0.3 is 19.8 Å². The highest BCUT2D eigenvalue weighted by molar-refractivity contribution is 7.47. The first-order valence-corrected chi connectivity index (χ1v) is 23.6. The summed E-state index contributed by atoms with van der Waals surface area (Å²) in [6.07, 6.45) is 39.9. The molecule has 0 saturated heterocycles. The molecule has 9 nitrogen and oxygen atoms in total. The molecule has 54 heavy (non-hydrogen) atoms. The Bertz CT molecular complexity index is 957. The molecular formula is C44H84NO8P. The number of phosphoric ester groups is 1. The fourth-order valence-electron chi connectivity index (χ4n) is 6.12. The van der Waals surface area contributed by atoms with E-state index < -0.39 is 26.5 Å². The monoisotopic (exact) mass is 786 g/mol. The minimum Gasteiger partial charge on any atom is -0.462 e. The summed E-state index contributed by atoms with van der Waals surface area (Å²) in [6, 6.07) is 0. The Morgan fingerprint density at radius 1 is 0.574 bits per heavy atom. The van der Waals surface area contributed by atoms with Crippen LogP contribution in [0.2, 0.25) is 0 Å². The number of allylic oxidation sites excluding steroid dienone is 4. The maximum absolute atomic E-state index is 12.7. The normalized spacial score (nSPS) is 13.6. The lowest BCUT2D eigenvalue weighted by Crippen LogP contribution is -2.29. The number of hydrogen-bond donors (Lipinski definition) is 1. The summed E-state index contributed by atoms with van der Waals surface area (Å²) < 4.78 is 33.6. The van der Waals surface area contributed by atoms with Gasteiger partial charge in [-0.2, -0.15) is 0 Å². The van der Waals surface area contributed by atoms with Crippen molar-refractivity contribution in [2.24, 2.45) is 0 Å². The summed E-state index contributed by atoms with van der Waals surface area (Å²) in [5, 5.41) is 0. The minimum atomic E-state index is -4.36. The maximum atomic E-state index is 12.7. The van der Waals surface area contributed by atoms with Crippen LogP contribution in [0.25, 0.3) is 0 Å². The summed E-state index contributed by atoms with van der Waals surface area (Å²) in [7, 11) is -0.541. The van der Waals surface area contributed by atoms with Crippen LogP contribution in [-0.2, 0) is 32.7 Å². The molecule has 0 rings (SSSR count). The molecule has 318 valence electrons. The molecular weight excluding hydrogens is 701 g/mol. The zero-order valence-corrected chi connectivity index (χ0v) is 36.3. The van der Waals surface area contributed by atoms with Gasteiger partial charge in [0, 0.05) is 12.8 Å². The SMILES string of the molecule is CCCCC/C=C\C/C=C\CCCCCCCC(=O)O[C@H](COC(=O)CCCCCCCCCCCCCCCCC)COP(=O)(O)OCCCN(C)C. The number of unbranched alkanes of at least 4 members (excludes halogenated alkanes) is 22. The van der Waals surface area contributed by atoms with Gasteiger partial charge in [0.05, 0.1) is 13.2 Å². The lowest BCUT2D eigenvalue weighted by molar-refractivity contribution is -0.161. The molecule has 0 aliphatic rings. The van der Waals surface area contributed by atoms with E-state index in [1.54, 1.807) is 0 Å². The third-order valence-electron chi connectivity index (χ3n) is 9.47. The number of hydrogen-bond acceptors (Lipinski definition) is 8. The predicted molar refractivity (Wildman–Crippen MR) is 225 cm³/mol. The van der Waals surface area contributed by atoms with E-state index in [0.29, 0.717) is 25.8 Å². The molecule has 10 heteroatoms. The van der Waals surface area contributed by atoms with Crippen molar-refractivity contribution in [3.8, 4) is 0 Å². The maximum Gasteiger partial charge on any atom is 0.472 e. The average molecular weight is 786 g/mol. The van der Waals surface area contributed by atoms with Gasteiger partial charge in [-0.1, -0.05) is 160 Å². The van der Waals surface area contributed by atoms with Gasteiger partial charge in [0.2, 0.25) is 0 Å². The van der Waals surface area contributed by atoms with Crippen LogP contribution >= 0.6 is 7.82 Å². The van der Waals surface area contributed by atoms with Gasteiger partial charge in [-0.25, -0.2) is 4.57 Å². The quantitative estimate of drug-likeness (QED) is 0.0280. The highest BCUT2D eigenvalue weighted by Gasteiger charge is 2.26. The van der Waals surface area contributed by atoms with Crippen LogP contribution in [0, 0.1) is 0 Å². The molecule has 2 atom stereocenters. The lowest BCUT2D eigenvalue weighted by atomic mass is 10.0. The number of nitrogens with zero attached hydrogens (tertiary/aromatic N) is 1. The molecule has 0 aromatic heterocycles. The van der Waals surface area contributed by atoms with Gasteiger partial charge in [-0.05, 0) is 72.0 Å². The second-order valence-corrected chi connectivity index (χ2v) is 16.7. The number of phosphoric acid groups is 1. The average Bonchev–Trinajstić information content (AvgIpc) is 3.14. The van der Waals surface area contributed by atoms with Crippen molar-refractivity contribution in [3.63, 3.8) is 0 Å². The molecule has 0 saturated carbocycles. The van der Waals surface area contributed by atoms with Gasteiger partial charge in [0.1, 0.15) is 6.61 Å². The first-order valence-electron chi connectivity index (χ1n) is 22.1. The van der Waals surface area contributed by atoms with Crippen molar-refractivity contribution in [1.82, 2.24) is 4.90 Å². The van der Waals surface area contributed by atoms with Crippen molar-refractivity contribution in [2.45, 2.75) is 206 Å². The molecule has 0 spiro atoms. The second kappa shape index (κ2) is 39.7. The molecule has 0 fully saturated rings. The van der Waals surface area contributed by atoms with E-state index in [4.69, 9.17) is 18.5 Å². The Labute approximate surface area is 332 Å². The predicted octanol–water partition coefficient (Wildman–Crippen LogP) is 12.6. The standard InChI is InChI=1S/C44H84NO8P/c1-5-7-9-11-13-15-17-19-21-23-25-27-29-31-33-36-43(46)50-40-42(41-52-54(48,49)51-39-35-38-45(3)4)53-44(47)37-34-32-30-28-26-24-22-20-18-16-14-12-10-8-6-2/h14,16,20,22,42H,5-13,15,17-19,21,23-41H2,1-4H3,(H,48,49)/b16-14-,22-20-/t42-/m1/s1. The summed E-state index contributed by atoms with van der Waals surface area (Å²) >= 11 is 0. The molecule has 0 bridgehead atoms. The van der Waals surface area contributed by atoms with Crippen LogP contribution in [0.4, 0.5) is 0 Å². The summed E-state index contributed by atoms with van der Waals surface area (Å²) in [5.74, 6) is -0.806. The minimum absolute atomic E-state index is 0.0531. The van der Waals surface area contributed by atoms with Crippen LogP contribution in [0.5, 0.6) is 0 Å². The van der Waals surface area contributed by atoms with Gasteiger partial charge in [0.25, 0.3) is 0 Å². The van der Waals surface area contributed by atoms with Crippen LogP contribution in [0.15, 0.2) is 24.3 Å². The second-order valence-electron chi connectivity index (χ2n) is 15.2. The van der Waals surface area contributed by atoms with E-state index in [-0.39, 0.29) is 25.6 Å². The van der Waals surface area contributed by atoms with Crippen molar-refractivity contribution in [2.75, 3.05) is 40.5 Å². The summed E-state index contributed by atoms with van der Waals surface area (Å²) in [6.45, 7) is 4.61. The molecule has 1 unspecified atom stereocenters. The number of esters is 2. The smallest absolute Gasteiger partial charge is 0.462 e. The first kappa shape index (κ1) is 52.5. The number of carbonyl (C=O) groups is 2. The van der Waals surface area contributed by atoms with E-state index in [9.17, 15) is 19.0 Å². The Morgan fingerprint density at radius 3 is 1.54 bits per heavy atom. The van der Waals surface area contributed by atoms with Gasteiger partial charge in [-0.3, -0.25) is 18.6 Å². The third kappa shape index (κ3) is 40.2. The lowest BCUT2D eigenvalue weighted by Gasteiger charge is -2.20. The highest BCUT2D eigenvalue weighted by atomic mass is 31.2. The fraction of sp³-hybridized carbons (Fsp3) is 0.864. The molecule has 0 aromatic carbocycles. The number of ether oxygens (including phenoxy) is 2. The van der Waals surface area contributed by atoms with E-state index in [2.05, 4.69) is 38.2 Å². The summed E-state index contributed by atoms with van der Waals surface area (Å²) in [4.78, 5) is 37.2. The van der Waals surface area contributed by atoms with E-state index in [1.807, 2.05) is 19.0 Å². The van der Waals surface area contributed by atoms with Crippen LogP contribution in [-0.4, -0.2) is 68.3 Å². The third-order valence-corrected chi connectivity index (χ3v) is 10.5. The van der Waals surface area contributed by atoms with Gasteiger partial charge in [-0.15, -0.1) is 0 Å². The van der Waals surface area contributed by atoms with E-state index in [1.165, 1.54) is 103 Å². The van der Waals surface area contributed by atoms with E-state index >= 15 is 0 Å². The first-order chi connectivity index (χ1) is 26.2. The highest BCUT2D eigenvalue weighted by Crippen LogP contribution is 2.43. The van der Waals surface area contributed by atoms with E-state index in [0.717, 1.165) is 57.8 Å². The molecule has 0 radical (unpaired) electrons. The number of carbonyl (C=O) groups excluding carboxylic acids is 2. The van der Waals surface area contributed by atoms with Crippen LogP contribution < -0.4 is 0 Å². The Morgan fingerprint density at radius 2 is 1.02 bits per heavy atom. The number of rotatable bonds is 41. The zero-order valence-electron chi connectivity index (χ0n) is 35.4. The van der Waals surface area contributed by atoms with Crippen molar-refractivity contribution >= 4 is 19.8 Å². The fourth-order valence-corrected chi connectivity index (χ4v) is 6.90. The molecule has 0 amide bonds. The van der Waals surface area contributed by atoms with Gasteiger partial charge < -0.3 is 19.3 Å². The molecule has 0 aliphatic carbocycles. The molecule has 0 aromatic rings.